The van der Waals surface area contributed by atoms with Crippen molar-refractivity contribution in [2.45, 2.75) is 13.5 Å². The van der Waals surface area contributed by atoms with Gasteiger partial charge in [-0.25, -0.2) is 0 Å². The van der Waals surface area contributed by atoms with Crippen LogP contribution in [-0.4, -0.2) is 13.8 Å². The fourth-order valence-corrected chi connectivity index (χ4v) is 1.27. The van der Waals surface area contributed by atoms with Gasteiger partial charge in [-0.15, -0.1) is 0 Å². The van der Waals surface area contributed by atoms with Crippen LogP contribution in [0.25, 0.3) is 0 Å². The van der Waals surface area contributed by atoms with Crippen LogP contribution in [0.5, 0.6) is 5.75 Å². The van der Waals surface area contributed by atoms with E-state index in [2.05, 4.69) is 11.4 Å². The summed E-state index contributed by atoms with van der Waals surface area (Å²) in [5.74, 6) is 0.927. The van der Waals surface area contributed by atoms with Gasteiger partial charge < -0.3 is 15.8 Å². The fraction of sp³-hybridized carbons (Fsp3) is 0.400. The van der Waals surface area contributed by atoms with Gasteiger partial charge in [0.2, 0.25) is 0 Å². The summed E-state index contributed by atoms with van der Waals surface area (Å²) in [6.07, 6.45) is 0. The Morgan fingerprint density at radius 2 is 2.23 bits per heavy atom. The molecule has 0 atom stereocenters. The summed E-state index contributed by atoms with van der Waals surface area (Å²) in [5.41, 5.74) is 7.71. The molecule has 0 fully saturated rings. The van der Waals surface area contributed by atoms with E-state index < -0.39 is 0 Å². The van der Waals surface area contributed by atoms with E-state index in [0.717, 1.165) is 17.9 Å². The molecule has 0 aromatic heterocycles. The molecule has 3 N–H and O–H groups in total. The normalized spacial score (nSPS) is 10.1. The summed E-state index contributed by atoms with van der Waals surface area (Å²) < 4.78 is 5.16. The van der Waals surface area contributed by atoms with Crippen LogP contribution in [0.3, 0.4) is 0 Å². The molecule has 0 saturated heterocycles. The Labute approximate surface area is 78.9 Å². The lowest BCUT2D eigenvalue weighted by molar-refractivity contribution is 0.411. The Morgan fingerprint density at radius 3 is 2.77 bits per heavy atom. The first kappa shape index (κ1) is 10.0. The first-order valence-corrected chi connectivity index (χ1v) is 4.32. The lowest BCUT2D eigenvalue weighted by Gasteiger charge is -2.07. The molecule has 1 aromatic carbocycles. The molecule has 0 aliphatic rings. The minimum Gasteiger partial charge on any atom is -0.496 e. The van der Waals surface area contributed by atoms with Crippen LogP contribution in [-0.2, 0) is 6.54 Å². The molecular formula is C10H16N2O. The zero-order valence-corrected chi connectivity index (χ0v) is 8.13. The highest BCUT2D eigenvalue weighted by Crippen LogP contribution is 2.18. The smallest absolute Gasteiger partial charge is 0.121 e. The lowest BCUT2D eigenvalue weighted by atomic mass is 10.1. The quantitative estimate of drug-likeness (QED) is 0.680. The Hall–Kier alpha value is -1.06. The second-order valence-electron chi connectivity index (χ2n) is 2.93. The van der Waals surface area contributed by atoms with E-state index in [1.807, 2.05) is 19.1 Å². The molecular weight excluding hydrogens is 164 g/mol. The number of ether oxygens (including phenoxy) is 1. The van der Waals surface area contributed by atoms with Crippen molar-refractivity contribution in [3.63, 3.8) is 0 Å². The number of rotatable bonds is 4. The standard InChI is InChI=1S/C10H16N2O/c1-8-5-9(6-12-7-11)3-4-10(8)13-2/h3-5,12H,6-7,11H2,1-2H3. The van der Waals surface area contributed by atoms with Gasteiger partial charge in [-0.2, -0.15) is 0 Å². The van der Waals surface area contributed by atoms with Crippen molar-refractivity contribution in [3.05, 3.63) is 29.3 Å². The first-order valence-electron chi connectivity index (χ1n) is 4.32. The lowest BCUT2D eigenvalue weighted by Crippen LogP contribution is -2.21. The Bertz CT molecular complexity index is 274. The maximum Gasteiger partial charge on any atom is 0.121 e. The summed E-state index contributed by atoms with van der Waals surface area (Å²) in [6.45, 7) is 3.34. The predicted molar refractivity (Wildman–Crippen MR) is 53.6 cm³/mol. The molecule has 0 radical (unpaired) electrons. The number of methoxy groups -OCH3 is 1. The predicted octanol–water partition coefficient (Wildman–Crippen LogP) is 1.01. The van der Waals surface area contributed by atoms with Gasteiger partial charge in [0, 0.05) is 13.2 Å². The van der Waals surface area contributed by atoms with E-state index in [4.69, 9.17) is 10.5 Å². The third kappa shape index (κ3) is 2.72. The third-order valence-corrected chi connectivity index (χ3v) is 1.93. The van der Waals surface area contributed by atoms with Crippen molar-refractivity contribution < 1.29 is 4.74 Å². The van der Waals surface area contributed by atoms with Gasteiger partial charge in [0.25, 0.3) is 0 Å². The Kier molecular flexibility index (Phi) is 3.73. The van der Waals surface area contributed by atoms with Crippen LogP contribution >= 0.6 is 0 Å². The zero-order chi connectivity index (χ0) is 9.68. The maximum absolute atomic E-state index is 5.33. The number of hydrogen-bond acceptors (Lipinski definition) is 3. The summed E-state index contributed by atoms with van der Waals surface area (Å²) in [4.78, 5) is 0. The van der Waals surface area contributed by atoms with Gasteiger partial charge in [-0.1, -0.05) is 12.1 Å². The summed E-state index contributed by atoms with van der Waals surface area (Å²) >= 11 is 0. The molecule has 13 heavy (non-hydrogen) atoms. The second kappa shape index (κ2) is 4.84. The number of aryl methyl sites for hydroxylation is 1. The zero-order valence-electron chi connectivity index (χ0n) is 8.13. The minimum absolute atomic E-state index is 0.505. The number of benzene rings is 1. The van der Waals surface area contributed by atoms with Crippen molar-refractivity contribution in [3.8, 4) is 5.75 Å². The van der Waals surface area contributed by atoms with Gasteiger partial charge >= 0.3 is 0 Å². The molecule has 0 amide bonds. The van der Waals surface area contributed by atoms with E-state index in [9.17, 15) is 0 Å². The highest BCUT2D eigenvalue weighted by atomic mass is 16.5. The molecule has 0 aliphatic heterocycles. The molecule has 1 rings (SSSR count). The van der Waals surface area contributed by atoms with E-state index in [1.54, 1.807) is 7.11 Å². The van der Waals surface area contributed by atoms with E-state index in [0.29, 0.717) is 6.67 Å². The first-order chi connectivity index (χ1) is 6.27. The summed E-state index contributed by atoms with van der Waals surface area (Å²) in [7, 11) is 1.68. The van der Waals surface area contributed by atoms with E-state index in [-0.39, 0.29) is 0 Å². The average Bonchev–Trinajstić information content (AvgIpc) is 2.15. The molecule has 1 aromatic rings. The highest BCUT2D eigenvalue weighted by Gasteiger charge is 1.98. The molecule has 0 saturated carbocycles. The van der Waals surface area contributed by atoms with E-state index >= 15 is 0 Å². The van der Waals surface area contributed by atoms with Crippen LogP contribution in [0, 0.1) is 6.92 Å². The van der Waals surface area contributed by atoms with Crippen molar-refractivity contribution in [2.24, 2.45) is 5.73 Å². The summed E-state index contributed by atoms with van der Waals surface area (Å²) in [5, 5.41) is 3.07. The summed E-state index contributed by atoms with van der Waals surface area (Å²) in [6, 6.07) is 6.11. The van der Waals surface area contributed by atoms with Gasteiger partial charge in [0.1, 0.15) is 5.75 Å². The van der Waals surface area contributed by atoms with Crippen molar-refractivity contribution in [1.29, 1.82) is 0 Å². The molecule has 0 heterocycles. The molecule has 3 heteroatoms. The molecule has 0 bridgehead atoms. The van der Waals surface area contributed by atoms with Gasteiger partial charge in [0.15, 0.2) is 0 Å². The Morgan fingerprint density at radius 1 is 1.46 bits per heavy atom. The molecule has 0 aliphatic carbocycles. The minimum atomic E-state index is 0.505. The number of nitrogens with two attached hydrogens (primary N) is 1. The van der Waals surface area contributed by atoms with Crippen LogP contribution in [0.4, 0.5) is 0 Å². The second-order valence-corrected chi connectivity index (χ2v) is 2.93. The molecule has 0 unspecified atom stereocenters. The molecule has 3 nitrogen and oxygen atoms in total. The van der Waals surface area contributed by atoms with Crippen LogP contribution < -0.4 is 15.8 Å². The van der Waals surface area contributed by atoms with Crippen molar-refractivity contribution in [1.82, 2.24) is 5.32 Å². The van der Waals surface area contributed by atoms with Gasteiger partial charge in [-0.3, -0.25) is 0 Å². The highest BCUT2D eigenvalue weighted by molar-refractivity contribution is 5.36. The number of nitrogens with one attached hydrogen (secondary N) is 1. The average molecular weight is 180 g/mol. The molecule has 0 spiro atoms. The van der Waals surface area contributed by atoms with Crippen LogP contribution in [0.1, 0.15) is 11.1 Å². The van der Waals surface area contributed by atoms with Crippen molar-refractivity contribution in [2.75, 3.05) is 13.8 Å². The van der Waals surface area contributed by atoms with Gasteiger partial charge in [-0.05, 0) is 24.1 Å². The Balaban J connectivity index is 2.71. The van der Waals surface area contributed by atoms with Crippen molar-refractivity contribution >= 4 is 0 Å². The molecule has 72 valence electrons. The number of hydrogen-bond donors (Lipinski definition) is 2. The van der Waals surface area contributed by atoms with Crippen LogP contribution in [0.15, 0.2) is 18.2 Å². The topological polar surface area (TPSA) is 47.3 Å². The SMILES string of the molecule is COc1ccc(CNCN)cc1C. The third-order valence-electron chi connectivity index (χ3n) is 1.93. The largest absolute Gasteiger partial charge is 0.496 e. The van der Waals surface area contributed by atoms with Gasteiger partial charge in [0.05, 0.1) is 7.11 Å². The van der Waals surface area contributed by atoms with Crippen LogP contribution in [0.2, 0.25) is 0 Å². The van der Waals surface area contributed by atoms with E-state index in [1.165, 1.54) is 5.56 Å². The maximum atomic E-state index is 5.33. The monoisotopic (exact) mass is 180 g/mol. The fourth-order valence-electron chi connectivity index (χ4n) is 1.27.